The quantitative estimate of drug-likeness (QED) is 0.504. The van der Waals surface area contributed by atoms with Gasteiger partial charge >= 0.3 is 0 Å². The van der Waals surface area contributed by atoms with Crippen molar-refractivity contribution in [2.24, 2.45) is 0 Å². The molecular weight excluding hydrogens is 452 g/mol. The van der Waals surface area contributed by atoms with Gasteiger partial charge in [-0.2, -0.15) is 0 Å². The van der Waals surface area contributed by atoms with Crippen molar-refractivity contribution in [1.82, 2.24) is 10.6 Å². The van der Waals surface area contributed by atoms with Gasteiger partial charge in [-0.15, -0.1) is 0 Å². The summed E-state index contributed by atoms with van der Waals surface area (Å²) in [7, 11) is -2.62. The van der Waals surface area contributed by atoms with Gasteiger partial charge in [0, 0.05) is 6.42 Å². The molecule has 0 bridgehead atoms. The molecule has 3 aromatic rings. The number of benzene rings is 3. The number of hydrogen-bond acceptors (Lipinski definition) is 3. The van der Waals surface area contributed by atoms with Gasteiger partial charge in [0.15, 0.2) is 0 Å². The highest BCUT2D eigenvalue weighted by Gasteiger charge is 2.50. The first-order chi connectivity index (χ1) is 16.7. The molecule has 2 amide bonds. The summed E-state index contributed by atoms with van der Waals surface area (Å²) >= 11 is 0. The Balaban J connectivity index is 1.62. The fourth-order valence-electron chi connectivity index (χ4n) is 4.98. The van der Waals surface area contributed by atoms with Crippen LogP contribution in [0.4, 0.5) is 0 Å². The third-order valence-electron chi connectivity index (χ3n) is 6.78. The van der Waals surface area contributed by atoms with Gasteiger partial charge in [0.25, 0.3) is 8.32 Å². The van der Waals surface area contributed by atoms with Gasteiger partial charge in [0.2, 0.25) is 11.8 Å². The number of rotatable bonds is 7. The molecule has 6 heteroatoms. The van der Waals surface area contributed by atoms with Gasteiger partial charge in [-0.3, -0.25) is 9.59 Å². The molecule has 0 aliphatic carbocycles. The molecule has 0 spiro atoms. The third kappa shape index (κ3) is 5.23. The van der Waals surface area contributed by atoms with Crippen LogP contribution in [-0.4, -0.2) is 32.7 Å². The number of hydrogen-bond donors (Lipinski definition) is 2. The Bertz CT molecular complexity index is 1150. The minimum Gasteiger partial charge on any atom is -0.403 e. The lowest BCUT2D eigenvalue weighted by Gasteiger charge is -2.43. The van der Waals surface area contributed by atoms with E-state index in [1.807, 2.05) is 18.2 Å². The second-order valence-corrected chi connectivity index (χ2v) is 14.6. The molecule has 1 aliphatic rings. The van der Waals surface area contributed by atoms with E-state index in [1.165, 1.54) is 10.4 Å². The highest BCUT2D eigenvalue weighted by Crippen LogP contribution is 2.37. The van der Waals surface area contributed by atoms with E-state index in [2.05, 4.69) is 99.0 Å². The molecular formula is C29H34N2O3Si. The fraction of sp³-hybridized carbons (Fsp3) is 0.310. The first kappa shape index (κ1) is 24.9. The van der Waals surface area contributed by atoms with Crippen molar-refractivity contribution in [2.75, 3.05) is 6.54 Å². The lowest BCUT2D eigenvalue weighted by Crippen LogP contribution is -2.66. The minimum atomic E-state index is -2.62. The number of piperazine rings is 1. The first-order valence-corrected chi connectivity index (χ1v) is 14.0. The highest BCUT2D eigenvalue weighted by atomic mass is 28.4. The van der Waals surface area contributed by atoms with Gasteiger partial charge in [0.1, 0.15) is 6.04 Å². The van der Waals surface area contributed by atoms with Crippen LogP contribution in [0.15, 0.2) is 78.9 Å². The Hall–Kier alpha value is -3.22. The van der Waals surface area contributed by atoms with Crippen molar-refractivity contribution in [3.63, 3.8) is 0 Å². The van der Waals surface area contributed by atoms with E-state index >= 15 is 0 Å². The van der Waals surface area contributed by atoms with E-state index in [0.717, 1.165) is 16.7 Å². The van der Waals surface area contributed by atoms with E-state index in [4.69, 9.17) is 4.43 Å². The van der Waals surface area contributed by atoms with Crippen LogP contribution >= 0.6 is 0 Å². The van der Waals surface area contributed by atoms with Crippen molar-refractivity contribution in [2.45, 2.75) is 51.8 Å². The van der Waals surface area contributed by atoms with Crippen LogP contribution in [0.3, 0.4) is 0 Å². The number of aryl methyl sites for hydroxylation is 1. The van der Waals surface area contributed by atoms with Crippen LogP contribution in [0.1, 0.15) is 37.5 Å². The smallest absolute Gasteiger partial charge is 0.261 e. The number of carbonyl (C=O) groups excluding carboxylic acids is 2. The maximum atomic E-state index is 12.1. The van der Waals surface area contributed by atoms with Crippen LogP contribution < -0.4 is 21.0 Å². The predicted molar refractivity (Wildman–Crippen MR) is 142 cm³/mol. The van der Waals surface area contributed by atoms with Crippen molar-refractivity contribution in [3.05, 3.63) is 95.6 Å². The lowest BCUT2D eigenvalue weighted by molar-refractivity contribution is -0.133. The predicted octanol–water partition coefficient (Wildman–Crippen LogP) is 3.23. The molecule has 2 N–H and O–H groups in total. The van der Waals surface area contributed by atoms with E-state index < -0.39 is 14.4 Å². The van der Waals surface area contributed by atoms with E-state index in [-0.39, 0.29) is 23.4 Å². The zero-order valence-electron chi connectivity index (χ0n) is 20.9. The number of nitrogens with one attached hydrogen (secondary N) is 2. The van der Waals surface area contributed by atoms with Crippen molar-refractivity contribution >= 4 is 30.5 Å². The first-order valence-electron chi connectivity index (χ1n) is 12.1. The van der Waals surface area contributed by atoms with Gasteiger partial charge < -0.3 is 15.1 Å². The summed E-state index contributed by atoms with van der Waals surface area (Å²) in [4.78, 5) is 23.8. The van der Waals surface area contributed by atoms with Crippen LogP contribution in [0.25, 0.3) is 0 Å². The molecule has 1 atom stereocenters. The summed E-state index contributed by atoms with van der Waals surface area (Å²) in [5, 5.41) is 7.85. The largest absolute Gasteiger partial charge is 0.403 e. The second-order valence-electron chi connectivity index (χ2n) is 10.3. The average molecular weight is 487 g/mol. The zero-order chi connectivity index (χ0) is 25.1. The lowest BCUT2D eigenvalue weighted by atomic mass is 9.99. The molecule has 0 radical (unpaired) electrons. The summed E-state index contributed by atoms with van der Waals surface area (Å²) in [6.45, 7) is 9.45. The molecule has 1 aliphatic heterocycles. The van der Waals surface area contributed by atoms with Gasteiger partial charge in [-0.25, -0.2) is 0 Å². The highest BCUT2D eigenvalue weighted by molar-refractivity contribution is 6.99. The minimum absolute atomic E-state index is 0.0485. The summed E-state index contributed by atoms with van der Waals surface area (Å²) in [6.07, 6.45) is 0.467. The van der Waals surface area contributed by atoms with Gasteiger partial charge in [-0.05, 0) is 39.0 Å². The number of carbonyl (C=O) groups is 2. The molecule has 1 unspecified atom stereocenters. The Labute approximate surface area is 209 Å². The van der Waals surface area contributed by atoms with Gasteiger partial charge in [0.05, 0.1) is 13.2 Å². The Morgan fingerprint density at radius 3 is 2.06 bits per heavy atom. The topological polar surface area (TPSA) is 67.4 Å². The number of amides is 2. The van der Waals surface area contributed by atoms with Crippen molar-refractivity contribution in [3.8, 4) is 0 Å². The van der Waals surface area contributed by atoms with E-state index in [1.54, 1.807) is 0 Å². The Morgan fingerprint density at radius 1 is 0.914 bits per heavy atom. The van der Waals surface area contributed by atoms with Crippen molar-refractivity contribution in [1.29, 1.82) is 0 Å². The van der Waals surface area contributed by atoms with Crippen LogP contribution in [-0.2, 0) is 27.0 Å². The molecule has 3 aromatic carbocycles. The summed E-state index contributed by atoms with van der Waals surface area (Å²) in [5.74, 6) is -0.289. The zero-order valence-corrected chi connectivity index (χ0v) is 21.9. The third-order valence-corrected chi connectivity index (χ3v) is 11.8. The summed E-state index contributed by atoms with van der Waals surface area (Å²) in [6, 6.07) is 26.9. The molecule has 1 heterocycles. The molecule has 182 valence electrons. The maximum Gasteiger partial charge on any atom is 0.261 e. The second kappa shape index (κ2) is 10.2. The molecule has 5 nitrogen and oxygen atoms in total. The molecule has 1 saturated heterocycles. The summed E-state index contributed by atoms with van der Waals surface area (Å²) < 4.78 is 7.07. The van der Waals surface area contributed by atoms with Crippen LogP contribution in [0.5, 0.6) is 0 Å². The molecule has 0 aromatic heterocycles. The normalized spacial score (nSPS) is 16.5. The molecule has 35 heavy (non-hydrogen) atoms. The fourth-order valence-corrected chi connectivity index (χ4v) is 9.50. The van der Waals surface area contributed by atoms with Crippen LogP contribution in [0, 0.1) is 6.92 Å². The Kier molecular flexibility index (Phi) is 7.24. The standard InChI is InChI=1S/C29H34N2O3Si/c1-21-17-22(18-26-28(33)30-19-27(32)31-26)15-16-23(21)20-34-35(29(2,3)4,24-11-7-5-8-12-24)25-13-9-6-10-14-25/h5-17,26H,18-20H2,1-4H3,(H,30,33)(H,31,32). The van der Waals surface area contributed by atoms with Crippen molar-refractivity contribution < 1.29 is 14.0 Å². The van der Waals surface area contributed by atoms with E-state index in [9.17, 15) is 9.59 Å². The maximum absolute atomic E-state index is 12.1. The molecule has 4 rings (SSSR count). The SMILES string of the molecule is Cc1cc(CC2NC(=O)CNC2=O)ccc1CO[Si](c1ccccc1)(c1ccccc1)C(C)(C)C. The average Bonchev–Trinajstić information content (AvgIpc) is 2.83. The monoisotopic (exact) mass is 486 g/mol. The Morgan fingerprint density at radius 2 is 1.51 bits per heavy atom. The summed E-state index contributed by atoms with van der Waals surface area (Å²) in [5.41, 5.74) is 3.25. The molecule has 1 fully saturated rings. The molecule has 0 saturated carbocycles. The van der Waals surface area contributed by atoms with Gasteiger partial charge in [-0.1, -0.05) is 99.6 Å². The van der Waals surface area contributed by atoms with Crippen LogP contribution in [0.2, 0.25) is 5.04 Å². The van der Waals surface area contributed by atoms with E-state index in [0.29, 0.717) is 13.0 Å².